The molecule has 140 valence electrons. The minimum Gasteiger partial charge on any atom is -0.497 e. The van der Waals surface area contributed by atoms with Crippen molar-refractivity contribution < 1.29 is 22.7 Å². The van der Waals surface area contributed by atoms with E-state index >= 15 is 0 Å². The molecule has 2 rings (SSSR count). The minimum atomic E-state index is -3.25. The molecule has 1 atom stereocenters. The molecule has 0 aromatic heterocycles. The van der Waals surface area contributed by atoms with E-state index in [9.17, 15) is 13.2 Å². The molecule has 0 aliphatic rings. The van der Waals surface area contributed by atoms with Gasteiger partial charge in [0.2, 0.25) is 0 Å². The lowest BCUT2D eigenvalue weighted by Crippen LogP contribution is -2.28. The molecular formula is C19H23NO5S. The van der Waals surface area contributed by atoms with Gasteiger partial charge < -0.3 is 14.8 Å². The van der Waals surface area contributed by atoms with Crippen LogP contribution in [0.5, 0.6) is 11.5 Å². The van der Waals surface area contributed by atoms with Crippen LogP contribution in [0.2, 0.25) is 0 Å². The van der Waals surface area contributed by atoms with Crippen molar-refractivity contribution in [2.75, 3.05) is 20.5 Å². The van der Waals surface area contributed by atoms with Gasteiger partial charge in [0.1, 0.15) is 11.5 Å². The lowest BCUT2D eigenvalue weighted by molar-refractivity contribution is 0.0935. The van der Waals surface area contributed by atoms with E-state index in [1.54, 1.807) is 42.5 Å². The summed E-state index contributed by atoms with van der Waals surface area (Å²) in [5.41, 5.74) is 1.26. The van der Waals surface area contributed by atoms with Crippen molar-refractivity contribution in [2.45, 2.75) is 24.3 Å². The fourth-order valence-electron chi connectivity index (χ4n) is 2.55. The van der Waals surface area contributed by atoms with Gasteiger partial charge in [0.05, 0.1) is 25.2 Å². The molecule has 0 spiro atoms. The van der Waals surface area contributed by atoms with Crippen LogP contribution < -0.4 is 14.8 Å². The molecule has 7 heteroatoms. The first-order chi connectivity index (χ1) is 12.3. The van der Waals surface area contributed by atoms with E-state index in [1.807, 2.05) is 6.92 Å². The molecule has 6 nitrogen and oxygen atoms in total. The molecule has 2 aromatic carbocycles. The lowest BCUT2D eigenvalue weighted by atomic mass is 10.0. The van der Waals surface area contributed by atoms with Crippen molar-refractivity contribution in [1.82, 2.24) is 5.32 Å². The van der Waals surface area contributed by atoms with Gasteiger partial charge >= 0.3 is 0 Å². The van der Waals surface area contributed by atoms with E-state index in [0.717, 1.165) is 11.8 Å². The number of hydrogen-bond acceptors (Lipinski definition) is 5. The van der Waals surface area contributed by atoms with Crippen molar-refractivity contribution in [2.24, 2.45) is 0 Å². The van der Waals surface area contributed by atoms with Crippen LogP contribution in [-0.4, -0.2) is 34.8 Å². The number of benzene rings is 2. The zero-order chi connectivity index (χ0) is 19.3. The normalized spacial score (nSPS) is 12.3. The molecule has 0 fully saturated rings. The van der Waals surface area contributed by atoms with E-state index in [0.29, 0.717) is 23.5 Å². The molecule has 1 amide bonds. The van der Waals surface area contributed by atoms with Gasteiger partial charge in [0.15, 0.2) is 9.84 Å². The maximum atomic E-state index is 12.6. The predicted molar refractivity (Wildman–Crippen MR) is 99.6 cm³/mol. The van der Waals surface area contributed by atoms with Gasteiger partial charge in [0.25, 0.3) is 5.91 Å². The highest BCUT2D eigenvalue weighted by molar-refractivity contribution is 7.90. The van der Waals surface area contributed by atoms with Gasteiger partial charge in [-0.1, -0.05) is 19.1 Å². The molecule has 0 aliphatic heterocycles. The van der Waals surface area contributed by atoms with Gasteiger partial charge in [-0.3, -0.25) is 4.79 Å². The van der Waals surface area contributed by atoms with Crippen molar-refractivity contribution in [3.8, 4) is 11.5 Å². The topological polar surface area (TPSA) is 81.7 Å². The van der Waals surface area contributed by atoms with Gasteiger partial charge in [-0.15, -0.1) is 0 Å². The van der Waals surface area contributed by atoms with Crippen LogP contribution in [0, 0.1) is 0 Å². The van der Waals surface area contributed by atoms with Crippen molar-refractivity contribution in [3.05, 3.63) is 53.6 Å². The smallest absolute Gasteiger partial charge is 0.252 e. The summed E-state index contributed by atoms with van der Waals surface area (Å²) in [5.74, 6) is 0.793. The summed E-state index contributed by atoms with van der Waals surface area (Å²) in [4.78, 5) is 12.9. The van der Waals surface area contributed by atoms with E-state index in [4.69, 9.17) is 9.47 Å². The molecule has 0 saturated carbocycles. The number of carbonyl (C=O) groups excluding carboxylic acids is 1. The van der Waals surface area contributed by atoms with E-state index < -0.39 is 9.84 Å². The fraction of sp³-hybridized carbons (Fsp3) is 0.316. The summed E-state index contributed by atoms with van der Waals surface area (Å²) >= 11 is 0. The van der Waals surface area contributed by atoms with Crippen molar-refractivity contribution in [1.29, 1.82) is 0 Å². The number of carbonyl (C=O) groups is 1. The summed E-state index contributed by atoms with van der Waals surface area (Å²) in [5, 5.41) is 2.96. The first kappa shape index (κ1) is 19.8. The molecule has 2 aromatic rings. The number of nitrogens with one attached hydrogen (secondary N) is 1. The highest BCUT2D eigenvalue weighted by atomic mass is 32.2. The molecular weight excluding hydrogens is 354 g/mol. The second-order valence-electron chi connectivity index (χ2n) is 5.88. The van der Waals surface area contributed by atoms with Crippen LogP contribution in [0.3, 0.4) is 0 Å². The molecule has 1 unspecified atom stereocenters. The molecule has 1 N–H and O–H groups in total. The average molecular weight is 377 g/mol. The van der Waals surface area contributed by atoms with Crippen LogP contribution in [0.1, 0.15) is 35.3 Å². The van der Waals surface area contributed by atoms with Gasteiger partial charge in [0, 0.05) is 17.9 Å². The predicted octanol–water partition coefficient (Wildman–Crippen LogP) is 2.99. The van der Waals surface area contributed by atoms with Crippen LogP contribution in [0.25, 0.3) is 0 Å². The van der Waals surface area contributed by atoms with Crippen LogP contribution in [0.4, 0.5) is 0 Å². The number of rotatable bonds is 7. The summed E-state index contributed by atoms with van der Waals surface area (Å²) < 4.78 is 33.5. The minimum absolute atomic E-state index is 0.242. The van der Waals surface area contributed by atoms with Crippen LogP contribution >= 0.6 is 0 Å². The van der Waals surface area contributed by atoms with Gasteiger partial charge in [-0.25, -0.2) is 8.42 Å². The number of amides is 1. The Morgan fingerprint density at radius 3 is 2.00 bits per heavy atom. The second kappa shape index (κ2) is 8.23. The molecule has 0 radical (unpaired) electrons. The van der Waals surface area contributed by atoms with E-state index in [-0.39, 0.29) is 16.8 Å². The summed E-state index contributed by atoms with van der Waals surface area (Å²) in [6.07, 6.45) is 1.82. The van der Waals surface area contributed by atoms with Crippen molar-refractivity contribution >= 4 is 15.7 Å². The SMILES string of the molecule is CCC(NC(=O)c1cc(OC)cc(OC)c1)c1ccc(S(C)(=O)=O)cc1. The first-order valence-electron chi connectivity index (χ1n) is 8.12. The average Bonchev–Trinajstić information content (AvgIpc) is 2.64. The zero-order valence-electron chi connectivity index (χ0n) is 15.3. The maximum absolute atomic E-state index is 12.6. The summed E-state index contributed by atoms with van der Waals surface area (Å²) in [6, 6.07) is 11.3. The standard InChI is InChI=1S/C19H23NO5S/c1-5-18(13-6-8-17(9-7-13)26(4,22)23)20-19(21)14-10-15(24-2)12-16(11-14)25-3/h6-12,18H,5H2,1-4H3,(H,20,21). The second-order valence-corrected chi connectivity index (χ2v) is 7.89. The summed E-state index contributed by atoms with van der Waals surface area (Å²) in [7, 11) is -0.204. The Labute approximate surface area is 154 Å². The largest absolute Gasteiger partial charge is 0.497 e. The third-order valence-electron chi connectivity index (χ3n) is 4.04. The number of ether oxygens (including phenoxy) is 2. The van der Waals surface area contributed by atoms with E-state index in [1.165, 1.54) is 14.2 Å². The lowest BCUT2D eigenvalue weighted by Gasteiger charge is -2.18. The number of hydrogen-bond donors (Lipinski definition) is 1. The molecule has 0 bridgehead atoms. The Hall–Kier alpha value is -2.54. The third-order valence-corrected chi connectivity index (χ3v) is 5.17. The molecule has 26 heavy (non-hydrogen) atoms. The monoisotopic (exact) mass is 377 g/mol. The van der Waals surface area contributed by atoms with Crippen LogP contribution in [-0.2, 0) is 9.84 Å². The third kappa shape index (κ3) is 4.76. The Balaban J connectivity index is 2.23. The van der Waals surface area contributed by atoms with Gasteiger partial charge in [-0.05, 0) is 36.2 Å². The highest BCUT2D eigenvalue weighted by Crippen LogP contribution is 2.24. The maximum Gasteiger partial charge on any atom is 0.252 e. The molecule has 0 aliphatic carbocycles. The van der Waals surface area contributed by atoms with E-state index in [2.05, 4.69) is 5.32 Å². The van der Waals surface area contributed by atoms with Crippen LogP contribution in [0.15, 0.2) is 47.4 Å². The van der Waals surface area contributed by atoms with Crippen molar-refractivity contribution in [3.63, 3.8) is 0 Å². The zero-order valence-corrected chi connectivity index (χ0v) is 16.1. The molecule has 0 heterocycles. The quantitative estimate of drug-likeness (QED) is 0.802. The Morgan fingerprint density at radius 2 is 1.58 bits per heavy atom. The highest BCUT2D eigenvalue weighted by Gasteiger charge is 2.17. The number of methoxy groups -OCH3 is 2. The Kier molecular flexibility index (Phi) is 6.26. The van der Waals surface area contributed by atoms with Gasteiger partial charge in [-0.2, -0.15) is 0 Å². The first-order valence-corrected chi connectivity index (χ1v) is 10.0. The summed E-state index contributed by atoms with van der Waals surface area (Å²) in [6.45, 7) is 1.95. The number of sulfone groups is 1. The Bertz CT molecular complexity index is 853. The molecule has 0 saturated heterocycles. The fourth-order valence-corrected chi connectivity index (χ4v) is 3.18. The Morgan fingerprint density at radius 1 is 1.04 bits per heavy atom.